The molecule has 0 saturated carbocycles. The molecule has 1 heterocycles. The van der Waals surface area contributed by atoms with Gasteiger partial charge in [0.1, 0.15) is 17.7 Å². The van der Waals surface area contributed by atoms with E-state index in [1.54, 1.807) is 0 Å². The third kappa shape index (κ3) is 4.58. The van der Waals surface area contributed by atoms with E-state index >= 15 is 0 Å². The van der Waals surface area contributed by atoms with Crippen LogP contribution in [-0.2, 0) is 9.53 Å². The highest BCUT2D eigenvalue weighted by Crippen LogP contribution is 2.37. The van der Waals surface area contributed by atoms with Crippen molar-refractivity contribution in [3.8, 4) is 0 Å². The second-order valence-corrected chi connectivity index (χ2v) is 7.17. The van der Waals surface area contributed by atoms with Crippen LogP contribution in [0.2, 0.25) is 5.02 Å². The summed E-state index contributed by atoms with van der Waals surface area (Å²) < 4.78 is 18.4. The number of nitrogens with zero attached hydrogens (tertiary/aromatic N) is 1. The van der Waals surface area contributed by atoms with Crippen molar-refractivity contribution in [3.63, 3.8) is 0 Å². The first-order chi connectivity index (χ1) is 12.4. The molecule has 1 aromatic carbocycles. The zero-order valence-electron chi connectivity index (χ0n) is 14.2. The highest BCUT2D eigenvalue weighted by molar-refractivity contribution is 9.09. The van der Waals surface area contributed by atoms with Gasteiger partial charge in [-0.1, -0.05) is 58.0 Å². The van der Waals surface area contributed by atoms with E-state index in [1.807, 2.05) is 18.4 Å². The molecular weight excluding hydrogens is 443 g/mol. The van der Waals surface area contributed by atoms with Crippen molar-refractivity contribution < 1.29 is 13.9 Å². The lowest BCUT2D eigenvalue weighted by molar-refractivity contribution is -0.136. The molecule has 8 heteroatoms. The minimum Gasteiger partial charge on any atom is -0.466 e. The lowest BCUT2D eigenvalue weighted by Gasteiger charge is -2.27. The lowest BCUT2D eigenvalue weighted by atomic mass is 9.96. The molecule has 26 heavy (non-hydrogen) atoms. The summed E-state index contributed by atoms with van der Waals surface area (Å²) in [6, 6.07) is 3.26. The number of esters is 1. The summed E-state index contributed by atoms with van der Waals surface area (Å²) in [7, 11) is 1.30. The predicted octanol–water partition coefficient (Wildman–Crippen LogP) is 5.12. The zero-order valence-corrected chi connectivity index (χ0v) is 17.3. The molecule has 0 spiro atoms. The smallest absolute Gasteiger partial charge is 0.338 e. The Bertz CT molecular complexity index is 823. The van der Waals surface area contributed by atoms with Crippen LogP contribution in [0, 0.1) is 5.82 Å². The molecule has 0 saturated heterocycles. The molecule has 4 nitrogen and oxygen atoms in total. The number of allylic oxidation sites excluding steroid dienone is 2. The van der Waals surface area contributed by atoms with Crippen LogP contribution in [0.5, 0.6) is 0 Å². The highest BCUT2D eigenvalue weighted by Gasteiger charge is 2.33. The maximum absolute atomic E-state index is 13.5. The number of hydrogen-bond donors (Lipinski definition) is 1. The average molecular weight is 460 g/mol. The molecule has 1 aliphatic rings. The van der Waals surface area contributed by atoms with Crippen molar-refractivity contribution in [1.29, 1.82) is 0 Å². The van der Waals surface area contributed by atoms with Crippen LogP contribution < -0.4 is 5.32 Å². The SMILES string of the molecule is C=C(S/C=C\C)C1=N[C@@H](c2ccc(F)cc2Cl)C(C(=O)OC)=C(CBr)N1. The van der Waals surface area contributed by atoms with E-state index < -0.39 is 17.8 Å². The van der Waals surface area contributed by atoms with Crippen LogP contribution in [-0.4, -0.2) is 24.2 Å². The molecule has 1 aromatic rings. The van der Waals surface area contributed by atoms with Gasteiger partial charge in [0.15, 0.2) is 0 Å². The maximum Gasteiger partial charge on any atom is 0.338 e. The number of thioether (sulfide) groups is 1. The Balaban J connectivity index is 2.58. The number of halogens is 3. The minimum atomic E-state index is -0.734. The normalized spacial score (nSPS) is 17.1. The van der Waals surface area contributed by atoms with Gasteiger partial charge < -0.3 is 10.1 Å². The Hall–Kier alpha value is -1.57. The highest BCUT2D eigenvalue weighted by atomic mass is 79.9. The number of methoxy groups -OCH3 is 1. The molecule has 1 aliphatic heterocycles. The Morgan fingerprint density at radius 3 is 2.88 bits per heavy atom. The molecule has 0 aromatic heterocycles. The molecule has 138 valence electrons. The van der Waals surface area contributed by atoms with Crippen LogP contribution in [0.15, 0.2) is 57.4 Å². The van der Waals surface area contributed by atoms with Gasteiger partial charge in [0.2, 0.25) is 0 Å². The van der Waals surface area contributed by atoms with Gasteiger partial charge in [0.25, 0.3) is 0 Å². The average Bonchev–Trinajstić information content (AvgIpc) is 2.64. The number of carbonyl (C=O) groups excluding carboxylic acids is 1. The molecule has 0 amide bonds. The summed E-state index contributed by atoms with van der Waals surface area (Å²) in [6.45, 7) is 5.91. The Morgan fingerprint density at radius 1 is 1.58 bits per heavy atom. The molecule has 0 aliphatic carbocycles. The molecule has 0 bridgehead atoms. The van der Waals surface area contributed by atoms with Crippen molar-refractivity contribution in [3.05, 3.63) is 68.8 Å². The van der Waals surface area contributed by atoms with Gasteiger partial charge in [-0.2, -0.15) is 0 Å². The first-order valence-corrected chi connectivity index (χ1v) is 9.95. The molecule has 0 fully saturated rings. The van der Waals surface area contributed by atoms with Crippen LogP contribution in [0.4, 0.5) is 4.39 Å². The van der Waals surface area contributed by atoms with E-state index in [9.17, 15) is 9.18 Å². The first kappa shape index (κ1) is 20.7. The van der Waals surface area contributed by atoms with Crippen LogP contribution in [0.1, 0.15) is 18.5 Å². The van der Waals surface area contributed by atoms with Crippen molar-refractivity contribution in [1.82, 2.24) is 5.32 Å². The standard InChI is InChI=1S/C18H17BrClFN2O2S/c1-4-7-26-10(2)17-22-14(9-19)15(18(24)25-3)16(23-17)12-6-5-11(21)8-13(12)20/h4-8,16H,2,9H2,1,3H3,(H,22,23)/b7-4-/t16-/m0/s1. The summed E-state index contributed by atoms with van der Waals surface area (Å²) in [5.41, 5.74) is 1.41. The van der Waals surface area contributed by atoms with E-state index in [4.69, 9.17) is 16.3 Å². The topological polar surface area (TPSA) is 50.7 Å². The number of hydrogen-bond acceptors (Lipinski definition) is 5. The second-order valence-electron chi connectivity index (χ2n) is 5.20. The summed E-state index contributed by atoms with van der Waals surface area (Å²) in [5.74, 6) is -0.485. The van der Waals surface area contributed by atoms with E-state index in [1.165, 1.54) is 37.1 Å². The molecule has 2 rings (SSSR count). The van der Waals surface area contributed by atoms with Crippen LogP contribution in [0.3, 0.4) is 0 Å². The maximum atomic E-state index is 13.5. The fraction of sp³-hybridized carbons (Fsp3) is 0.222. The van der Waals surface area contributed by atoms with E-state index in [2.05, 4.69) is 32.8 Å². The van der Waals surface area contributed by atoms with Gasteiger partial charge in [0, 0.05) is 26.5 Å². The number of aliphatic imine (C=N–C) groups is 1. The van der Waals surface area contributed by atoms with Gasteiger partial charge >= 0.3 is 5.97 Å². The molecule has 0 unspecified atom stereocenters. The van der Waals surface area contributed by atoms with Crippen molar-refractivity contribution in [2.24, 2.45) is 4.99 Å². The Kier molecular flexibility index (Phi) is 7.49. The number of carbonyl (C=O) groups is 1. The first-order valence-electron chi connectivity index (χ1n) is 7.57. The fourth-order valence-electron chi connectivity index (χ4n) is 2.35. The Labute approximate surface area is 169 Å². The fourth-order valence-corrected chi connectivity index (χ4v) is 3.58. The molecule has 0 radical (unpaired) electrons. The summed E-state index contributed by atoms with van der Waals surface area (Å²) in [4.78, 5) is 17.7. The van der Waals surface area contributed by atoms with Crippen molar-refractivity contribution >= 4 is 51.1 Å². The van der Waals surface area contributed by atoms with Crippen molar-refractivity contribution in [2.45, 2.75) is 13.0 Å². The quantitative estimate of drug-likeness (QED) is 0.474. The van der Waals surface area contributed by atoms with Gasteiger partial charge in [-0.05, 0) is 24.5 Å². The summed E-state index contributed by atoms with van der Waals surface area (Å²) >= 11 is 11.0. The van der Waals surface area contributed by atoms with Gasteiger partial charge in [-0.3, -0.25) is 4.99 Å². The third-order valence-corrected chi connectivity index (χ3v) is 5.31. The number of benzene rings is 1. The molecule has 1 N–H and O–H groups in total. The monoisotopic (exact) mass is 458 g/mol. The minimum absolute atomic E-state index is 0.182. The number of nitrogens with one attached hydrogen (secondary N) is 1. The predicted molar refractivity (Wildman–Crippen MR) is 109 cm³/mol. The third-order valence-electron chi connectivity index (χ3n) is 3.53. The zero-order chi connectivity index (χ0) is 19.3. The van der Waals surface area contributed by atoms with E-state index in [0.29, 0.717) is 32.9 Å². The number of alkyl halides is 1. The summed E-state index contributed by atoms with van der Waals surface area (Å²) in [5, 5.41) is 5.54. The van der Waals surface area contributed by atoms with Gasteiger partial charge in [0.05, 0.1) is 12.7 Å². The second kappa shape index (κ2) is 9.39. The lowest BCUT2D eigenvalue weighted by Crippen LogP contribution is -2.34. The van der Waals surface area contributed by atoms with Crippen LogP contribution >= 0.6 is 39.3 Å². The molecular formula is C18H17BrClFN2O2S. The van der Waals surface area contributed by atoms with Gasteiger partial charge in [-0.15, -0.1) is 0 Å². The summed E-state index contributed by atoms with van der Waals surface area (Å²) in [6.07, 6.45) is 1.88. The Morgan fingerprint density at radius 2 is 2.31 bits per heavy atom. The number of ether oxygens (including phenoxy) is 1. The van der Waals surface area contributed by atoms with E-state index in [0.717, 1.165) is 0 Å². The van der Waals surface area contributed by atoms with E-state index in [-0.39, 0.29) is 5.02 Å². The van der Waals surface area contributed by atoms with Gasteiger partial charge in [-0.25, -0.2) is 9.18 Å². The van der Waals surface area contributed by atoms with Crippen molar-refractivity contribution in [2.75, 3.05) is 12.4 Å². The molecule has 1 atom stereocenters. The largest absolute Gasteiger partial charge is 0.466 e. The van der Waals surface area contributed by atoms with Crippen LogP contribution in [0.25, 0.3) is 0 Å². The number of rotatable bonds is 6. The number of amidine groups is 1.